The number of phenolic OH excluding ortho intramolecular Hbond substituents is 1. The molecule has 0 radical (unpaired) electrons. The van der Waals surface area contributed by atoms with E-state index in [0.717, 1.165) is 53.4 Å². The molecule has 1 aromatic rings. The Labute approximate surface area is 353 Å². The summed E-state index contributed by atoms with van der Waals surface area (Å²) in [5, 5.41) is 46.9. The zero-order valence-electron chi connectivity index (χ0n) is 39.2. The Morgan fingerprint density at radius 2 is 1.11 bits per heavy atom. The Morgan fingerprint density at radius 1 is 0.614 bits per heavy atom. The third-order valence-electron chi connectivity index (χ3n) is 12.8. The predicted molar refractivity (Wildman–Crippen MR) is 242 cm³/mol. The standard InChI is InChI=1S/C12H18O.C11H22.C10H20.C9H18O5.C9H18/c1-9(2)4-5-11-6-7-12(13)10(3)8-11;1-10(2)6-5-9-11-7-3-4-8-11;1-9(2)7-8-10-5-3-4-6-10;1-4(2)6-8(12)7(11)5(3-10)14-9(6)13;1-8(2)7-9-5-3-4-6-9/h6-9,13H,4-5H2,1-3H3;10-11H,3-9H2,1-2H3;9-10H,3-8H2,1-2H3;4-13H,3H2,1-2H3;8-9H,3-7H2,1-2H3/t;;;5?,6?,7-,8+,9-;/m...1./s1. The molecule has 6 nitrogen and oxygen atoms in total. The molecule has 4 fully saturated rings. The van der Waals surface area contributed by atoms with E-state index >= 15 is 0 Å². The summed E-state index contributed by atoms with van der Waals surface area (Å²) in [7, 11) is 0. The molecule has 3 saturated carbocycles. The van der Waals surface area contributed by atoms with Crippen LogP contribution < -0.4 is 0 Å². The highest BCUT2D eigenvalue weighted by Gasteiger charge is 2.44. The van der Waals surface area contributed by atoms with E-state index in [1.165, 1.54) is 128 Å². The maximum atomic E-state index is 9.68. The first kappa shape index (κ1) is 53.8. The number of aliphatic hydroxyl groups is 4. The lowest BCUT2D eigenvalue weighted by atomic mass is 9.83. The minimum atomic E-state index is -1.14. The van der Waals surface area contributed by atoms with Gasteiger partial charge >= 0.3 is 0 Å². The molecule has 4 aliphatic rings. The summed E-state index contributed by atoms with van der Waals surface area (Å²) in [6.45, 7) is 23.6. The summed E-state index contributed by atoms with van der Waals surface area (Å²) in [4.78, 5) is 0. The highest BCUT2D eigenvalue weighted by atomic mass is 16.6. The summed E-state index contributed by atoms with van der Waals surface area (Å²) in [6, 6.07) is 5.85. The van der Waals surface area contributed by atoms with Crippen molar-refractivity contribution in [3.8, 4) is 5.75 Å². The predicted octanol–water partition coefficient (Wildman–Crippen LogP) is 12.8. The molecule has 1 aliphatic heterocycles. The van der Waals surface area contributed by atoms with Gasteiger partial charge in [-0.25, -0.2) is 0 Å². The van der Waals surface area contributed by atoms with Crippen LogP contribution in [0.15, 0.2) is 18.2 Å². The van der Waals surface area contributed by atoms with Gasteiger partial charge in [0.25, 0.3) is 0 Å². The molecule has 5 N–H and O–H groups in total. The van der Waals surface area contributed by atoms with Gasteiger partial charge in [0, 0.05) is 5.92 Å². The number of ether oxygens (including phenoxy) is 1. The SMILES string of the molecule is CC(C)C1[C@H](O)OC(CO)[C@@H](O)[C@H]1O.CC(C)CC1CCCC1.CC(C)CCC1CCCC1.CC(C)CCCC1CCCC1.Cc1cc(CCC(C)C)ccc1O. The van der Waals surface area contributed by atoms with Crippen LogP contribution in [0.4, 0.5) is 0 Å². The van der Waals surface area contributed by atoms with Crippen molar-refractivity contribution in [2.75, 3.05) is 6.61 Å². The maximum absolute atomic E-state index is 9.68. The first-order valence-electron chi connectivity index (χ1n) is 24.0. The monoisotopic (exact) mass is 805 g/mol. The number of hydrogen-bond donors (Lipinski definition) is 5. The zero-order chi connectivity index (χ0) is 42.9. The van der Waals surface area contributed by atoms with E-state index in [0.29, 0.717) is 5.75 Å². The van der Waals surface area contributed by atoms with Crippen LogP contribution in [-0.2, 0) is 11.2 Å². The van der Waals surface area contributed by atoms with E-state index in [-0.39, 0.29) is 5.92 Å². The number of hydrogen-bond acceptors (Lipinski definition) is 6. The normalized spacial score (nSPS) is 24.2. The number of benzene rings is 1. The second-order valence-corrected chi connectivity index (χ2v) is 20.5. The van der Waals surface area contributed by atoms with Gasteiger partial charge in [-0.1, -0.05) is 191 Å². The smallest absolute Gasteiger partial charge is 0.160 e. The summed E-state index contributed by atoms with van der Waals surface area (Å²) in [5.41, 5.74) is 2.30. The lowest BCUT2D eigenvalue weighted by molar-refractivity contribution is -0.277. The first-order chi connectivity index (χ1) is 26.9. The lowest BCUT2D eigenvalue weighted by Crippen LogP contribution is -2.56. The Bertz CT molecular complexity index is 1080. The molecule has 1 heterocycles. The van der Waals surface area contributed by atoms with Gasteiger partial charge in [0.2, 0.25) is 0 Å². The number of rotatable bonds is 14. The fourth-order valence-electron chi connectivity index (χ4n) is 9.06. The minimum Gasteiger partial charge on any atom is -0.508 e. The highest BCUT2D eigenvalue weighted by molar-refractivity contribution is 5.34. The minimum absolute atomic E-state index is 0.00528. The van der Waals surface area contributed by atoms with Gasteiger partial charge < -0.3 is 30.3 Å². The molecule has 1 aromatic carbocycles. The van der Waals surface area contributed by atoms with Gasteiger partial charge in [0.05, 0.1) is 12.7 Å². The summed E-state index contributed by atoms with van der Waals surface area (Å²) in [5.74, 6) is 6.66. The van der Waals surface area contributed by atoms with E-state index in [1.807, 2.05) is 26.8 Å². The Morgan fingerprint density at radius 3 is 1.54 bits per heavy atom. The van der Waals surface area contributed by atoms with Crippen LogP contribution in [0.1, 0.15) is 202 Å². The van der Waals surface area contributed by atoms with E-state index < -0.39 is 37.1 Å². The summed E-state index contributed by atoms with van der Waals surface area (Å²) < 4.78 is 4.99. The molecule has 6 heteroatoms. The maximum Gasteiger partial charge on any atom is 0.160 e. The summed E-state index contributed by atoms with van der Waals surface area (Å²) in [6.07, 6.45) is 25.1. The van der Waals surface area contributed by atoms with Crippen molar-refractivity contribution in [2.45, 2.75) is 229 Å². The first-order valence-corrected chi connectivity index (χ1v) is 24.0. The van der Waals surface area contributed by atoms with Gasteiger partial charge in [-0.3, -0.25) is 0 Å². The fourth-order valence-corrected chi connectivity index (χ4v) is 9.06. The van der Waals surface area contributed by atoms with E-state index in [2.05, 4.69) is 61.5 Å². The molecule has 3 aliphatic carbocycles. The third-order valence-corrected chi connectivity index (χ3v) is 12.8. The molecule has 336 valence electrons. The zero-order valence-corrected chi connectivity index (χ0v) is 39.2. The molecule has 0 spiro atoms. The summed E-state index contributed by atoms with van der Waals surface area (Å²) >= 11 is 0. The van der Waals surface area contributed by atoms with Gasteiger partial charge in [0.1, 0.15) is 18.0 Å². The Balaban J connectivity index is 0.000000359. The number of aliphatic hydroxyl groups excluding tert-OH is 4. The number of phenols is 1. The number of aromatic hydroxyl groups is 1. The van der Waals surface area contributed by atoms with Crippen molar-refractivity contribution < 1.29 is 30.3 Å². The van der Waals surface area contributed by atoms with Crippen LogP contribution in [0.3, 0.4) is 0 Å². The second kappa shape index (κ2) is 30.8. The molecule has 0 amide bonds. The Hall–Kier alpha value is -1.18. The van der Waals surface area contributed by atoms with Crippen molar-refractivity contribution in [3.63, 3.8) is 0 Å². The van der Waals surface area contributed by atoms with Crippen LogP contribution in [-0.4, -0.2) is 56.7 Å². The van der Waals surface area contributed by atoms with Crippen molar-refractivity contribution in [1.29, 1.82) is 0 Å². The van der Waals surface area contributed by atoms with Gasteiger partial charge in [-0.2, -0.15) is 0 Å². The molecule has 2 unspecified atom stereocenters. The van der Waals surface area contributed by atoms with Crippen LogP contribution in [0, 0.1) is 60.2 Å². The molecule has 57 heavy (non-hydrogen) atoms. The molecule has 1 saturated heterocycles. The van der Waals surface area contributed by atoms with Crippen LogP contribution in [0.2, 0.25) is 0 Å². The number of aryl methyl sites for hydroxylation is 2. The molecule has 5 rings (SSSR count). The largest absolute Gasteiger partial charge is 0.508 e. The fraction of sp³-hybridized carbons (Fsp3) is 0.882. The molecule has 0 aromatic heterocycles. The molecule has 5 atom stereocenters. The van der Waals surface area contributed by atoms with Crippen molar-refractivity contribution in [2.24, 2.45) is 53.3 Å². The van der Waals surface area contributed by atoms with Crippen molar-refractivity contribution >= 4 is 0 Å². The average molecular weight is 805 g/mol. The second-order valence-electron chi connectivity index (χ2n) is 20.5. The topological polar surface area (TPSA) is 110 Å². The van der Waals surface area contributed by atoms with Gasteiger partial charge in [-0.15, -0.1) is 0 Å². The van der Waals surface area contributed by atoms with E-state index in [4.69, 9.17) is 9.84 Å². The average Bonchev–Trinajstić information content (AvgIpc) is 3.96. The third kappa shape index (κ3) is 24.6. The highest BCUT2D eigenvalue weighted by Crippen LogP contribution is 2.32. The van der Waals surface area contributed by atoms with Crippen LogP contribution in [0.5, 0.6) is 5.75 Å². The van der Waals surface area contributed by atoms with Crippen molar-refractivity contribution in [1.82, 2.24) is 0 Å². The van der Waals surface area contributed by atoms with Gasteiger partial charge in [0.15, 0.2) is 6.29 Å². The van der Waals surface area contributed by atoms with Gasteiger partial charge in [-0.05, 0) is 90.7 Å². The molecular weight excluding hydrogens is 709 g/mol. The van der Waals surface area contributed by atoms with Crippen LogP contribution >= 0.6 is 0 Å². The van der Waals surface area contributed by atoms with E-state index in [9.17, 15) is 20.4 Å². The van der Waals surface area contributed by atoms with Crippen LogP contribution in [0.25, 0.3) is 0 Å². The molecule has 0 bridgehead atoms. The van der Waals surface area contributed by atoms with Crippen molar-refractivity contribution in [3.05, 3.63) is 29.3 Å². The lowest BCUT2D eigenvalue weighted by Gasteiger charge is -2.41. The Kier molecular flexibility index (Phi) is 29.1. The van der Waals surface area contributed by atoms with E-state index in [1.54, 1.807) is 6.07 Å². The quantitative estimate of drug-likeness (QED) is 0.128. The molecular formula is C51H96O6.